The molecule has 2 aromatic rings. The summed E-state index contributed by atoms with van der Waals surface area (Å²) >= 11 is 0. The number of rotatable bonds is 5. The number of nitrogens with one attached hydrogen (secondary N) is 1. The van der Waals surface area contributed by atoms with Crippen LogP contribution < -0.4 is 10.3 Å². The van der Waals surface area contributed by atoms with Crippen LogP contribution in [0.25, 0.3) is 0 Å². The van der Waals surface area contributed by atoms with Gasteiger partial charge in [-0.2, -0.15) is 15.6 Å². The highest BCUT2D eigenvalue weighted by molar-refractivity contribution is 6.10. The number of methoxy groups -OCH3 is 1. The SMILES string of the molecule is COC(=O)c1ccc(N2CCN(C(=O)c3ccccc3)CC2)c(NN=C(C#N)C#N)c1. The lowest BCUT2D eigenvalue weighted by atomic mass is 10.1. The van der Waals surface area contributed by atoms with Crippen molar-refractivity contribution in [2.75, 3.05) is 43.6 Å². The minimum Gasteiger partial charge on any atom is -0.465 e. The highest BCUT2D eigenvalue weighted by Crippen LogP contribution is 2.29. The number of ether oxygens (including phenoxy) is 1. The number of nitrogens with zero attached hydrogens (tertiary/aromatic N) is 5. The second-order valence-corrected chi connectivity index (χ2v) is 6.66. The van der Waals surface area contributed by atoms with E-state index in [1.807, 2.05) is 23.1 Å². The van der Waals surface area contributed by atoms with Gasteiger partial charge in [-0.05, 0) is 30.3 Å². The number of carbonyl (C=O) groups is 2. The predicted molar refractivity (Wildman–Crippen MR) is 115 cm³/mol. The number of carbonyl (C=O) groups excluding carboxylic acids is 2. The van der Waals surface area contributed by atoms with Crippen LogP contribution in [0, 0.1) is 22.7 Å². The third kappa shape index (κ3) is 4.98. The predicted octanol–water partition coefficient (Wildman–Crippen LogP) is 2.25. The molecular formula is C22H20N6O3. The molecule has 0 unspecified atom stereocenters. The van der Waals surface area contributed by atoms with Gasteiger partial charge < -0.3 is 14.5 Å². The van der Waals surface area contributed by atoms with Gasteiger partial charge in [0.25, 0.3) is 5.91 Å². The van der Waals surface area contributed by atoms with Crippen LogP contribution in [0.5, 0.6) is 0 Å². The van der Waals surface area contributed by atoms with Crippen LogP contribution in [0.2, 0.25) is 0 Å². The summed E-state index contributed by atoms with van der Waals surface area (Å²) in [6.45, 7) is 2.18. The molecule has 0 spiro atoms. The fourth-order valence-electron chi connectivity index (χ4n) is 3.25. The summed E-state index contributed by atoms with van der Waals surface area (Å²) in [7, 11) is 1.29. The molecule has 0 radical (unpaired) electrons. The van der Waals surface area contributed by atoms with Crippen molar-refractivity contribution in [1.29, 1.82) is 10.5 Å². The van der Waals surface area contributed by atoms with E-state index >= 15 is 0 Å². The lowest BCUT2D eigenvalue weighted by Gasteiger charge is -2.37. The number of piperazine rings is 1. The largest absolute Gasteiger partial charge is 0.465 e. The molecule has 1 N–H and O–H groups in total. The second kappa shape index (κ2) is 9.90. The Bertz CT molecular complexity index is 1060. The number of anilines is 2. The molecule has 31 heavy (non-hydrogen) atoms. The van der Waals surface area contributed by atoms with Gasteiger partial charge in [-0.15, -0.1) is 0 Å². The zero-order valence-corrected chi connectivity index (χ0v) is 16.9. The summed E-state index contributed by atoms with van der Waals surface area (Å²) in [5.41, 5.74) is 4.50. The Balaban J connectivity index is 1.79. The van der Waals surface area contributed by atoms with Crippen LogP contribution in [0.3, 0.4) is 0 Å². The Morgan fingerprint density at radius 3 is 2.29 bits per heavy atom. The van der Waals surface area contributed by atoms with Crippen LogP contribution >= 0.6 is 0 Å². The summed E-state index contributed by atoms with van der Waals surface area (Å²) in [6.07, 6.45) is 0. The number of amides is 1. The van der Waals surface area contributed by atoms with E-state index in [4.69, 9.17) is 15.3 Å². The Morgan fingerprint density at radius 2 is 1.68 bits per heavy atom. The van der Waals surface area contributed by atoms with Gasteiger partial charge in [-0.3, -0.25) is 10.2 Å². The minimum absolute atomic E-state index is 0.0167. The van der Waals surface area contributed by atoms with Gasteiger partial charge >= 0.3 is 5.97 Å². The Kier molecular flexibility index (Phi) is 6.82. The molecule has 2 aromatic carbocycles. The van der Waals surface area contributed by atoms with Gasteiger partial charge in [0.2, 0.25) is 5.71 Å². The van der Waals surface area contributed by atoms with E-state index < -0.39 is 5.97 Å². The lowest BCUT2D eigenvalue weighted by Crippen LogP contribution is -2.49. The quantitative estimate of drug-likeness (QED) is 0.451. The molecule has 1 fully saturated rings. The van der Waals surface area contributed by atoms with Crippen LogP contribution in [0.4, 0.5) is 11.4 Å². The molecular weight excluding hydrogens is 396 g/mol. The molecule has 9 nitrogen and oxygen atoms in total. The monoisotopic (exact) mass is 416 g/mol. The molecule has 1 heterocycles. The summed E-state index contributed by atoms with van der Waals surface area (Å²) < 4.78 is 4.76. The van der Waals surface area contributed by atoms with E-state index in [2.05, 4.69) is 10.5 Å². The van der Waals surface area contributed by atoms with Crippen molar-refractivity contribution in [2.45, 2.75) is 0 Å². The Labute approximate surface area is 179 Å². The van der Waals surface area contributed by atoms with Crippen molar-refractivity contribution in [2.24, 2.45) is 5.10 Å². The molecule has 9 heteroatoms. The molecule has 1 amide bonds. The van der Waals surface area contributed by atoms with Crippen molar-refractivity contribution < 1.29 is 14.3 Å². The normalized spacial score (nSPS) is 12.9. The first-order valence-electron chi connectivity index (χ1n) is 9.53. The van der Waals surface area contributed by atoms with E-state index in [-0.39, 0.29) is 11.6 Å². The highest BCUT2D eigenvalue weighted by Gasteiger charge is 2.24. The Hall–Kier alpha value is -4.37. The van der Waals surface area contributed by atoms with Gasteiger partial charge in [0.1, 0.15) is 12.1 Å². The minimum atomic E-state index is -0.516. The summed E-state index contributed by atoms with van der Waals surface area (Å²) in [4.78, 5) is 28.4. The molecule has 0 saturated carbocycles. The first-order valence-corrected chi connectivity index (χ1v) is 9.53. The number of benzene rings is 2. The second-order valence-electron chi connectivity index (χ2n) is 6.66. The van der Waals surface area contributed by atoms with Crippen LogP contribution in [0.1, 0.15) is 20.7 Å². The molecule has 0 aromatic heterocycles. The molecule has 156 valence electrons. The molecule has 1 aliphatic heterocycles. The van der Waals surface area contributed by atoms with Gasteiger partial charge in [0.15, 0.2) is 0 Å². The molecule has 1 aliphatic rings. The van der Waals surface area contributed by atoms with E-state index in [0.29, 0.717) is 43.0 Å². The summed E-state index contributed by atoms with van der Waals surface area (Å²) in [5.74, 6) is -0.533. The fraction of sp³-hybridized carbons (Fsp3) is 0.227. The summed E-state index contributed by atoms with van der Waals surface area (Å²) in [5, 5.41) is 21.6. The van der Waals surface area contributed by atoms with E-state index in [1.54, 1.807) is 47.4 Å². The highest BCUT2D eigenvalue weighted by atomic mass is 16.5. The third-order valence-electron chi connectivity index (χ3n) is 4.85. The van der Waals surface area contributed by atoms with Gasteiger partial charge in [-0.1, -0.05) is 18.2 Å². The maximum atomic E-state index is 12.7. The first kappa shape index (κ1) is 21.3. The van der Waals surface area contributed by atoms with Crippen molar-refractivity contribution >= 4 is 29.0 Å². The molecule has 3 rings (SSSR count). The van der Waals surface area contributed by atoms with Crippen molar-refractivity contribution in [3.05, 3.63) is 59.7 Å². The fourth-order valence-corrected chi connectivity index (χ4v) is 3.25. The van der Waals surface area contributed by atoms with Gasteiger partial charge in [0, 0.05) is 31.7 Å². The lowest BCUT2D eigenvalue weighted by molar-refractivity contribution is 0.0600. The van der Waals surface area contributed by atoms with Gasteiger partial charge in [0.05, 0.1) is 24.0 Å². The zero-order chi connectivity index (χ0) is 22.2. The number of hydrazone groups is 1. The Morgan fingerprint density at radius 1 is 1.00 bits per heavy atom. The molecule has 0 atom stereocenters. The van der Waals surface area contributed by atoms with E-state index in [9.17, 15) is 9.59 Å². The van der Waals surface area contributed by atoms with Crippen molar-refractivity contribution in [3.8, 4) is 12.1 Å². The number of hydrogen-bond acceptors (Lipinski definition) is 8. The smallest absolute Gasteiger partial charge is 0.337 e. The van der Waals surface area contributed by atoms with E-state index in [0.717, 1.165) is 5.69 Å². The van der Waals surface area contributed by atoms with Crippen LogP contribution in [-0.2, 0) is 4.74 Å². The average molecular weight is 416 g/mol. The maximum Gasteiger partial charge on any atom is 0.337 e. The third-order valence-corrected chi connectivity index (χ3v) is 4.85. The molecule has 0 aliphatic carbocycles. The maximum absolute atomic E-state index is 12.7. The van der Waals surface area contributed by atoms with Crippen molar-refractivity contribution in [3.63, 3.8) is 0 Å². The van der Waals surface area contributed by atoms with Gasteiger partial charge in [-0.25, -0.2) is 4.79 Å². The van der Waals surface area contributed by atoms with Crippen molar-refractivity contribution in [1.82, 2.24) is 4.90 Å². The zero-order valence-electron chi connectivity index (χ0n) is 16.9. The average Bonchev–Trinajstić information content (AvgIpc) is 2.84. The molecule has 1 saturated heterocycles. The van der Waals surface area contributed by atoms with E-state index in [1.165, 1.54) is 7.11 Å². The van der Waals surface area contributed by atoms with Crippen LogP contribution in [0.15, 0.2) is 53.6 Å². The standard InChI is InChI=1S/C22H20N6O3/c1-31-22(30)17-7-8-20(19(13-17)26-25-18(14-23)15-24)27-9-11-28(12-10-27)21(29)16-5-3-2-4-6-16/h2-8,13,26H,9-12H2,1H3. The first-order chi connectivity index (χ1) is 15.1. The number of esters is 1. The van der Waals surface area contributed by atoms with Crippen LogP contribution in [-0.4, -0.2) is 55.8 Å². The summed E-state index contributed by atoms with van der Waals surface area (Å²) in [6, 6.07) is 17.4. The number of nitriles is 2. The molecule has 0 bridgehead atoms. The topological polar surface area (TPSA) is 122 Å². The number of hydrogen-bond donors (Lipinski definition) is 1.